The average molecular weight is 348 g/mol. The van der Waals surface area contributed by atoms with E-state index >= 15 is 0 Å². The summed E-state index contributed by atoms with van der Waals surface area (Å²) in [7, 11) is 1.64. The van der Waals surface area contributed by atoms with Crippen LogP contribution in [0.15, 0.2) is 29.3 Å². The third-order valence-corrected chi connectivity index (χ3v) is 3.86. The molecule has 0 radical (unpaired) electrons. The quantitative estimate of drug-likeness (QED) is 0.668. The molecule has 1 saturated heterocycles. The Bertz CT molecular complexity index is 617. The Morgan fingerprint density at radius 1 is 1.16 bits per heavy atom. The number of aliphatic imine (C=N–C) groups is 1. The number of amides is 1. The fraction of sp³-hybridized carbons (Fsp3) is 0.556. The summed E-state index contributed by atoms with van der Waals surface area (Å²) in [6.07, 6.45) is -0.281. The molecule has 0 aromatic heterocycles. The van der Waals surface area contributed by atoms with E-state index in [9.17, 15) is 4.79 Å². The summed E-state index contributed by atoms with van der Waals surface area (Å²) >= 11 is 0. The number of hydrogen-bond acceptors (Lipinski definition) is 4. The lowest BCUT2D eigenvalue weighted by molar-refractivity contribution is 0.0186. The molecular formula is C18H28N4O3. The van der Waals surface area contributed by atoms with Gasteiger partial charge in [0.15, 0.2) is 5.96 Å². The molecule has 25 heavy (non-hydrogen) atoms. The first-order chi connectivity index (χ1) is 11.8. The van der Waals surface area contributed by atoms with Gasteiger partial charge in [-0.15, -0.1) is 0 Å². The van der Waals surface area contributed by atoms with Gasteiger partial charge in [-0.05, 0) is 26.8 Å². The Morgan fingerprint density at radius 3 is 2.36 bits per heavy atom. The molecule has 0 bridgehead atoms. The first-order valence-electron chi connectivity index (χ1n) is 8.45. The van der Waals surface area contributed by atoms with Gasteiger partial charge in [0.2, 0.25) is 0 Å². The predicted molar refractivity (Wildman–Crippen MR) is 97.7 cm³/mol. The van der Waals surface area contributed by atoms with Gasteiger partial charge >= 0.3 is 6.09 Å². The van der Waals surface area contributed by atoms with E-state index in [2.05, 4.69) is 4.99 Å². The number of rotatable bonds is 3. The van der Waals surface area contributed by atoms with Crippen molar-refractivity contribution < 1.29 is 14.3 Å². The first-order valence-corrected chi connectivity index (χ1v) is 8.45. The second-order valence-electron chi connectivity index (χ2n) is 6.94. The van der Waals surface area contributed by atoms with Crippen LogP contribution in [-0.2, 0) is 11.3 Å². The van der Waals surface area contributed by atoms with Gasteiger partial charge in [-0.25, -0.2) is 9.79 Å². The maximum atomic E-state index is 12.1. The van der Waals surface area contributed by atoms with Crippen molar-refractivity contribution in [1.82, 2.24) is 9.80 Å². The zero-order valence-corrected chi connectivity index (χ0v) is 15.5. The molecule has 2 N–H and O–H groups in total. The van der Waals surface area contributed by atoms with Crippen LogP contribution in [0.4, 0.5) is 4.79 Å². The smallest absolute Gasteiger partial charge is 0.410 e. The lowest BCUT2D eigenvalue weighted by atomic mass is 10.2. The van der Waals surface area contributed by atoms with Crippen molar-refractivity contribution in [2.75, 3.05) is 33.3 Å². The van der Waals surface area contributed by atoms with Crippen LogP contribution in [0.25, 0.3) is 0 Å². The van der Waals surface area contributed by atoms with Crippen molar-refractivity contribution in [3.05, 3.63) is 29.8 Å². The van der Waals surface area contributed by atoms with Crippen LogP contribution in [0.3, 0.4) is 0 Å². The van der Waals surface area contributed by atoms with Gasteiger partial charge in [-0.2, -0.15) is 0 Å². The molecule has 0 unspecified atom stereocenters. The van der Waals surface area contributed by atoms with Crippen LogP contribution in [0.5, 0.6) is 5.75 Å². The number of guanidine groups is 1. The van der Waals surface area contributed by atoms with E-state index < -0.39 is 5.60 Å². The minimum atomic E-state index is -0.483. The van der Waals surface area contributed by atoms with Crippen molar-refractivity contribution in [2.24, 2.45) is 10.7 Å². The fourth-order valence-corrected chi connectivity index (χ4v) is 2.54. The second-order valence-corrected chi connectivity index (χ2v) is 6.94. The normalized spacial score (nSPS) is 15.9. The van der Waals surface area contributed by atoms with Gasteiger partial charge < -0.3 is 25.0 Å². The molecule has 2 rings (SSSR count). The molecule has 1 heterocycles. The summed E-state index contributed by atoms with van der Waals surface area (Å²) < 4.78 is 10.7. The molecule has 1 aliphatic rings. The summed E-state index contributed by atoms with van der Waals surface area (Å²) in [5, 5.41) is 0. The van der Waals surface area contributed by atoms with Crippen LogP contribution < -0.4 is 10.5 Å². The Balaban J connectivity index is 1.88. The highest BCUT2D eigenvalue weighted by molar-refractivity contribution is 5.78. The van der Waals surface area contributed by atoms with Crippen molar-refractivity contribution in [1.29, 1.82) is 0 Å². The third kappa shape index (κ3) is 5.55. The van der Waals surface area contributed by atoms with Crippen LogP contribution in [-0.4, -0.2) is 60.7 Å². The van der Waals surface area contributed by atoms with E-state index in [1.54, 1.807) is 12.0 Å². The van der Waals surface area contributed by atoms with E-state index in [4.69, 9.17) is 15.2 Å². The summed E-state index contributed by atoms with van der Waals surface area (Å²) in [4.78, 5) is 20.2. The molecule has 1 fully saturated rings. The maximum absolute atomic E-state index is 12.1. The third-order valence-electron chi connectivity index (χ3n) is 3.86. The molecule has 1 aromatic rings. The molecule has 0 spiro atoms. The van der Waals surface area contributed by atoms with E-state index in [1.165, 1.54) is 0 Å². The highest BCUT2D eigenvalue weighted by atomic mass is 16.6. The molecule has 1 amide bonds. The maximum Gasteiger partial charge on any atom is 0.410 e. The van der Waals surface area contributed by atoms with Crippen LogP contribution in [0.2, 0.25) is 0 Å². The second kappa shape index (κ2) is 8.09. The monoisotopic (exact) mass is 348 g/mol. The number of carbonyl (C=O) groups is 1. The Labute approximate surface area is 149 Å². The minimum absolute atomic E-state index is 0.281. The van der Waals surface area contributed by atoms with Crippen molar-refractivity contribution in [3.8, 4) is 5.75 Å². The standard InChI is InChI=1S/C18H28N4O3/c1-18(2,3)25-17(23)22-11-9-21(10-12-22)16(19)20-13-14-7-5-6-8-15(14)24-4/h5-8H,9-13H2,1-4H3,(H2,19,20). The number of para-hydroxylation sites is 1. The molecule has 0 atom stereocenters. The van der Waals surface area contributed by atoms with Crippen LogP contribution >= 0.6 is 0 Å². The number of hydrogen-bond donors (Lipinski definition) is 1. The lowest BCUT2D eigenvalue weighted by Crippen LogP contribution is -2.53. The Kier molecular flexibility index (Phi) is 6.12. The van der Waals surface area contributed by atoms with E-state index in [-0.39, 0.29) is 6.09 Å². The molecule has 0 saturated carbocycles. The Morgan fingerprint density at radius 2 is 1.76 bits per heavy atom. The summed E-state index contributed by atoms with van der Waals surface area (Å²) in [6.45, 7) is 8.47. The molecule has 1 aliphatic heterocycles. The minimum Gasteiger partial charge on any atom is -0.496 e. The van der Waals surface area contributed by atoms with Gasteiger partial charge in [-0.1, -0.05) is 18.2 Å². The SMILES string of the molecule is COc1ccccc1CN=C(N)N1CCN(C(=O)OC(C)(C)C)CC1. The highest BCUT2D eigenvalue weighted by Gasteiger charge is 2.26. The predicted octanol–water partition coefficient (Wildman–Crippen LogP) is 2.06. The molecule has 138 valence electrons. The Hall–Kier alpha value is -2.44. The number of benzene rings is 1. The van der Waals surface area contributed by atoms with Gasteiger partial charge in [0, 0.05) is 31.7 Å². The zero-order chi connectivity index (χ0) is 18.4. The van der Waals surface area contributed by atoms with Crippen molar-refractivity contribution in [2.45, 2.75) is 32.9 Å². The van der Waals surface area contributed by atoms with Crippen molar-refractivity contribution >= 4 is 12.1 Å². The zero-order valence-electron chi connectivity index (χ0n) is 15.5. The van der Waals surface area contributed by atoms with Crippen LogP contribution in [0.1, 0.15) is 26.3 Å². The summed E-state index contributed by atoms with van der Waals surface area (Å²) in [5.41, 5.74) is 6.62. The molecule has 7 nitrogen and oxygen atoms in total. The molecular weight excluding hydrogens is 320 g/mol. The lowest BCUT2D eigenvalue weighted by Gasteiger charge is -2.36. The summed E-state index contributed by atoms with van der Waals surface area (Å²) in [6, 6.07) is 7.74. The largest absolute Gasteiger partial charge is 0.496 e. The van der Waals surface area contributed by atoms with Gasteiger partial charge in [0.05, 0.1) is 13.7 Å². The number of piperazine rings is 1. The molecule has 1 aromatic carbocycles. The van der Waals surface area contributed by atoms with Gasteiger partial charge in [0.25, 0.3) is 0 Å². The topological polar surface area (TPSA) is 80.4 Å². The number of nitrogens with zero attached hydrogens (tertiary/aromatic N) is 3. The number of methoxy groups -OCH3 is 1. The number of nitrogens with two attached hydrogens (primary N) is 1. The number of carbonyl (C=O) groups excluding carboxylic acids is 1. The van der Waals surface area contributed by atoms with Gasteiger partial charge in [0.1, 0.15) is 11.4 Å². The van der Waals surface area contributed by atoms with E-state index in [0.717, 1.165) is 11.3 Å². The van der Waals surface area contributed by atoms with Gasteiger partial charge in [-0.3, -0.25) is 0 Å². The van der Waals surface area contributed by atoms with E-state index in [0.29, 0.717) is 38.7 Å². The fourth-order valence-electron chi connectivity index (χ4n) is 2.54. The van der Waals surface area contributed by atoms with Crippen LogP contribution in [0, 0.1) is 0 Å². The number of ether oxygens (including phenoxy) is 2. The highest BCUT2D eigenvalue weighted by Crippen LogP contribution is 2.18. The summed E-state index contributed by atoms with van der Waals surface area (Å²) in [5.74, 6) is 1.28. The first kappa shape index (κ1) is 18.9. The average Bonchev–Trinajstić information content (AvgIpc) is 2.58. The molecule has 0 aliphatic carbocycles. The van der Waals surface area contributed by atoms with Crippen molar-refractivity contribution in [3.63, 3.8) is 0 Å². The van der Waals surface area contributed by atoms with E-state index in [1.807, 2.05) is 49.9 Å². The molecule has 7 heteroatoms.